The Kier molecular flexibility index (Phi) is 8.31. The predicted molar refractivity (Wildman–Crippen MR) is 149 cm³/mol. The number of aliphatic hydroxyl groups is 1. The van der Waals surface area contributed by atoms with Gasteiger partial charge in [-0.05, 0) is 24.8 Å². The molecule has 39 heavy (non-hydrogen) atoms. The van der Waals surface area contributed by atoms with Crippen LogP contribution < -0.4 is 0 Å². The summed E-state index contributed by atoms with van der Waals surface area (Å²) in [5.74, 6) is -2.87. The van der Waals surface area contributed by atoms with Crippen molar-refractivity contribution in [3.63, 3.8) is 0 Å². The van der Waals surface area contributed by atoms with Gasteiger partial charge in [-0.2, -0.15) is 0 Å². The number of amides is 2. The van der Waals surface area contributed by atoms with Crippen LogP contribution in [-0.4, -0.2) is 81.1 Å². The van der Waals surface area contributed by atoms with Crippen molar-refractivity contribution in [2.45, 2.75) is 73.2 Å². The van der Waals surface area contributed by atoms with E-state index in [-0.39, 0.29) is 35.9 Å². The Morgan fingerprint density at radius 3 is 2.56 bits per heavy atom. The summed E-state index contributed by atoms with van der Waals surface area (Å²) >= 11 is 3.69. The number of rotatable bonds is 10. The van der Waals surface area contributed by atoms with Gasteiger partial charge in [-0.1, -0.05) is 84.3 Å². The van der Waals surface area contributed by atoms with Crippen molar-refractivity contribution in [3.8, 4) is 0 Å². The van der Waals surface area contributed by atoms with E-state index in [9.17, 15) is 19.5 Å². The van der Waals surface area contributed by atoms with Crippen molar-refractivity contribution in [2.75, 3.05) is 19.8 Å². The second-order valence-electron chi connectivity index (χ2n) is 11.0. The predicted octanol–water partition coefficient (Wildman–Crippen LogP) is 3.54. The Labute approximate surface area is 238 Å². The minimum Gasteiger partial charge on any atom is -0.461 e. The maximum atomic E-state index is 14.7. The molecule has 7 atom stereocenters. The van der Waals surface area contributed by atoms with Gasteiger partial charge in [0.2, 0.25) is 11.8 Å². The number of ether oxygens (including phenoxy) is 2. The van der Waals surface area contributed by atoms with Gasteiger partial charge in [-0.25, -0.2) is 0 Å². The fourth-order valence-electron chi connectivity index (χ4n) is 7.33. The molecule has 9 heteroatoms. The Morgan fingerprint density at radius 2 is 1.92 bits per heavy atom. The molecule has 1 saturated carbocycles. The summed E-state index contributed by atoms with van der Waals surface area (Å²) in [4.78, 5) is 45.5. The molecule has 0 radical (unpaired) electrons. The standard InChI is InChI=1S/C30H37BrN2O6/c1-3-15-32(20-13-9-6-10-14-20)28(36)26-30-17-21(31)25(39-30)23(29(37)38-16-4-2)24(30)27(35)33(26)22(18-34)19-11-7-5-8-12-19/h3-5,7-8,11-12,20-26,34H,1-2,6,9-10,13-18H2/t21?,22-,23+,24+,25+,26?,30?/m1/s1. The number of alkyl halides is 1. The summed E-state index contributed by atoms with van der Waals surface area (Å²) in [6, 6.07) is 7.48. The number of benzene rings is 1. The maximum Gasteiger partial charge on any atom is 0.312 e. The molecule has 2 amide bonds. The van der Waals surface area contributed by atoms with Gasteiger partial charge in [0, 0.05) is 17.4 Å². The molecule has 2 bridgehead atoms. The first kappa shape index (κ1) is 28.1. The molecular formula is C30H37BrN2O6. The minimum absolute atomic E-state index is 0.0209. The molecule has 8 nitrogen and oxygen atoms in total. The SMILES string of the molecule is C=CCOC(=O)[C@H]1[C@H]2C(=O)N([C@H](CO)c3ccccc3)C(C(=O)N(CC=C)C3CCCCC3)C23CC(Br)[C@@H]1O3. The van der Waals surface area contributed by atoms with Gasteiger partial charge in [0.15, 0.2) is 0 Å². The van der Waals surface area contributed by atoms with Crippen LogP contribution in [0.15, 0.2) is 55.6 Å². The molecule has 4 fully saturated rings. The van der Waals surface area contributed by atoms with Crippen molar-refractivity contribution >= 4 is 33.7 Å². The highest BCUT2D eigenvalue weighted by molar-refractivity contribution is 9.09. The monoisotopic (exact) mass is 600 g/mol. The first-order valence-corrected chi connectivity index (χ1v) is 14.8. The number of likely N-dealkylation sites (tertiary alicyclic amines) is 1. The molecule has 5 rings (SSSR count). The number of hydrogen-bond donors (Lipinski definition) is 1. The molecule has 1 aromatic carbocycles. The summed E-state index contributed by atoms with van der Waals surface area (Å²) in [7, 11) is 0. The first-order valence-electron chi connectivity index (χ1n) is 13.9. The largest absolute Gasteiger partial charge is 0.461 e. The molecule has 3 saturated heterocycles. The van der Waals surface area contributed by atoms with E-state index in [4.69, 9.17) is 9.47 Å². The fourth-order valence-corrected chi connectivity index (χ4v) is 8.27. The van der Waals surface area contributed by atoms with Crippen LogP contribution in [0.2, 0.25) is 0 Å². The molecule has 0 aromatic heterocycles. The second kappa shape index (κ2) is 11.6. The highest BCUT2D eigenvalue weighted by Gasteiger charge is 2.77. The van der Waals surface area contributed by atoms with Crippen LogP contribution in [0.3, 0.4) is 0 Å². The van der Waals surface area contributed by atoms with Crippen molar-refractivity contribution < 1.29 is 29.0 Å². The van der Waals surface area contributed by atoms with Crippen LogP contribution in [-0.2, 0) is 23.9 Å². The van der Waals surface area contributed by atoms with Crippen LogP contribution in [0, 0.1) is 11.8 Å². The Hall–Kier alpha value is -2.49. The summed E-state index contributed by atoms with van der Waals surface area (Å²) < 4.78 is 12.0. The van der Waals surface area contributed by atoms with Crippen molar-refractivity contribution in [1.82, 2.24) is 9.80 Å². The number of carbonyl (C=O) groups is 3. The van der Waals surface area contributed by atoms with Crippen LogP contribution in [0.25, 0.3) is 0 Å². The van der Waals surface area contributed by atoms with E-state index >= 15 is 0 Å². The third-order valence-electron chi connectivity index (χ3n) is 8.89. The third-order valence-corrected chi connectivity index (χ3v) is 9.74. The van der Waals surface area contributed by atoms with Gasteiger partial charge in [-0.3, -0.25) is 14.4 Å². The molecule has 3 unspecified atom stereocenters. The van der Waals surface area contributed by atoms with E-state index in [1.54, 1.807) is 6.08 Å². The van der Waals surface area contributed by atoms with Crippen LogP contribution >= 0.6 is 15.9 Å². The lowest BCUT2D eigenvalue weighted by atomic mass is 9.70. The van der Waals surface area contributed by atoms with Gasteiger partial charge in [0.1, 0.15) is 18.2 Å². The number of aliphatic hydroxyl groups excluding tert-OH is 1. The lowest BCUT2D eigenvalue weighted by Gasteiger charge is -2.42. The summed E-state index contributed by atoms with van der Waals surface area (Å²) in [6.07, 6.45) is 7.99. The van der Waals surface area contributed by atoms with Crippen LogP contribution in [0.4, 0.5) is 0 Å². The van der Waals surface area contributed by atoms with E-state index < -0.39 is 41.6 Å². The van der Waals surface area contributed by atoms with Crippen LogP contribution in [0.5, 0.6) is 0 Å². The van der Waals surface area contributed by atoms with Gasteiger partial charge in [-0.15, -0.1) is 6.58 Å². The quantitative estimate of drug-likeness (QED) is 0.251. The zero-order chi connectivity index (χ0) is 27.7. The zero-order valence-electron chi connectivity index (χ0n) is 22.1. The topological polar surface area (TPSA) is 96.4 Å². The van der Waals surface area contributed by atoms with E-state index in [2.05, 4.69) is 29.1 Å². The number of halogens is 1. The summed E-state index contributed by atoms with van der Waals surface area (Å²) in [5.41, 5.74) is -0.507. The highest BCUT2D eigenvalue weighted by Crippen LogP contribution is 2.61. The van der Waals surface area contributed by atoms with Gasteiger partial charge < -0.3 is 24.4 Å². The van der Waals surface area contributed by atoms with Crippen molar-refractivity contribution in [3.05, 3.63) is 61.2 Å². The molecule has 4 aliphatic rings. The molecule has 3 heterocycles. The van der Waals surface area contributed by atoms with Gasteiger partial charge in [0.25, 0.3) is 0 Å². The molecule has 1 N–H and O–H groups in total. The maximum absolute atomic E-state index is 14.7. The fraction of sp³-hybridized carbons (Fsp3) is 0.567. The minimum atomic E-state index is -1.22. The van der Waals surface area contributed by atoms with E-state index in [0.717, 1.165) is 32.1 Å². The zero-order valence-corrected chi connectivity index (χ0v) is 23.7. The van der Waals surface area contributed by atoms with E-state index in [1.807, 2.05) is 35.2 Å². The van der Waals surface area contributed by atoms with E-state index in [1.165, 1.54) is 11.0 Å². The highest BCUT2D eigenvalue weighted by atomic mass is 79.9. The average Bonchev–Trinajstić information content (AvgIpc) is 3.55. The second-order valence-corrected chi connectivity index (χ2v) is 12.2. The number of hydrogen-bond acceptors (Lipinski definition) is 6. The number of fused-ring (bicyclic) bond motifs is 1. The third kappa shape index (κ3) is 4.66. The number of nitrogens with zero attached hydrogens (tertiary/aromatic N) is 2. The lowest BCUT2D eigenvalue weighted by molar-refractivity contribution is -0.156. The van der Waals surface area contributed by atoms with Gasteiger partial charge in [0.05, 0.1) is 30.6 Å². The molecule has 1 aromatic rings. The Morgan fingerprint density at radius 1 is 1.21 bits per heavy atom. The molecule has 1 aliphatic carbocycles. The lowest BCUT2D eigenvalue weighted by Crippen LogP contribution is -2.59. The Balaban J connectivity index is 1.61. The van der Waals surface area contributed by atoms with E-state index in [0.29, 0.717) is 18.5 Å². The first-order chi connectivity index (χ1) is 18.9. The van der Waals surface area contributed by atoms with Gasteiger partial charge >= 0.3 is 5.97 Å². The molecule has 1 spiro atoms. The average molecular weight is 602 g/mol. The van der Waals surface area contributed by atoms with Crippen molar-refractivity contribution in [1.29, 1.82) is 0 Å². The Bertz CT molecular complexity index is 1110. The summed E-state index contributed by atoms with van der Waals surface area (Å²) in [6.45, 7) is 7.52. The smallest absolute Gasteiger partial charge is 0.312 e. The molecular weight excluding hydrogens is 564 g/mol. The number of carbonyl (C=O) groups excluding carboxylic acids is 3. The van der Waals surface area contributed by atoms with Crippen molar-refractivity contribution in [2.24, 2.45) is 11.8 Å². The molecule has 210 valence electrons. The molecule has 3 aliphatic heterocycles. The summed E-state index contributed by atoms with van der Waals surface area (Å²) in [5, 5.41) is 10.6. The normalized spacial score (nSPS) is 32.5. The number of esters is 1. The van der Waals surface area contributed by atoms with Crippen LogP contribution in [0.1, 0.15) is 50.1 Å².